The topological polar surface area (TPSA) is 86.3 Å². The van der Waals surface area contributed by atoms with E-state index in [4.69, 9.17) is 5.11 Å². The monoisotopic (exact) mass is 253 g/mol. The van der Waals surface area contributed by atoms with E-state index in [2.05, 4.69) is 10.2 Å². The lowest BCUT2D eigenvalue weighted by Gasteiger charge is -2.20. The molecule has 0 aliphatic rings. The maximum Gasteiger partial charge on any atom is 0.305 e. The Kier molecular flexibility index (Phi) is 4.88. The highest BCUT2D eigenvalue weighted by atomic mass is 16.4. The smallest absolute Gasteiger partial charge is 0.305 e. The third-order valence-electron chi connectivity index (χ3n) is 2.94. The van der Waals surface area contributed by atoms with Gasteiger partial charge in [-0.3, -0.25) is 14.7 Å². The predicted molar refractivity (Wildman–Crippen MR) is 66.3 cm³/mol. The number of carboxylic acid groups (broad SMARTS) is 1. The molecule has 1 rings (SSSR count). The molecule has 0 aromatic carbocycles. The fraction of sp³-hybridized carbons (Fsp3) is 0.583. The third kappa shape index (κ3) is 3.58. The number of nitrogens with zero attached hydrogens (tertiary/aromatic N) is 2. The first kappa shape index (κ1) is 14.2. The minimum atomic E-state index is -0.892. The lowest BCUT2D eigenvalue weighted by molar-refractivity contribution is -0.138. The van der Waals surface area contributed by atoms with Gasteiger partial charge in [-0.1, -0.05) is 0 Å². The maximum absolute atomic E-state index is 12.0. The number of carboxylic acids is 1. The van der Waals surface area contributed by atoms with Gasteiger partial charge in [-0.05, 0) is 20.8 Å². The molecule has 0 aliphatic heterocycles. The van der Waals surface area contributed by atoms with Gasteiger partial charge >= 0.3 is 5.97 Å². The van der Waals surface area contributed by atoms with Crippen molar-refractivity contribution >= 4 is 11.9 Å². The van der Waals surface area contributed by atoms with Crippen molar-refractivity contribution in [2.75, 3.05) is 13.1 Å². The van der Waals surface area contributed by atoms with Gasteiger partial charge in [0, 0.05) is 24.3 Å². The quantitative estimate of drug-likeness (QED) is 0.788. The molecule has 0 bridgehead atoms. The Labute approximate surface area is 106 Å². The average molecular weight is 253 g/mol. The van der Waals surface area contributed by atoms with Gasteiger partial charge in [0.2, 0.25) is 5.91 Å². The van der Waals surface area contributed by atoms with E-state index in [1.54, 1.807) is 4.90 Å². The number of nitrogens with one attached hydrogen (secondary N) is 1. The van der Waals surface area contributed by atoms with E-state index in [-0.39, 0.29) is 25.3 Å². The number of carbonyl (C=O) groups excluding carboxylic acids is 1. The van der Waals surface area contributed by atoms with Gasteiger partial charge in [-0.2, -0.15) is 5.10 Å². The van der Waals surface area contributed by atoms with Gasteiger partial charge in [-0.15, -0.1) is 0 Å². The van der Waals surface area contributed by atoms with Crippen molar-refractivity contribution in [1.82, 2.24) is 15.1 Å². The summed E-state index contributed by atoms with van der Waals surface area (Å²) in [5.74, 6) is -0.955. The highest BCUT2D eigenvalue weighted by Crippen LogP contribution is 2.11. The SMILES string of the molecule is CCN(CCC(=O)O)C(=O)Cc1c(C)n[nH]c1C. The van der Waals surface area contributed by atoms with Crippen molar-refractivity contribution < 1.29 is 14.7 Å². The fourth-order valence-corrected chi connectivity index (χ4v) is 1.79. The number of hydrogen-bond acceptors (Lipinski definition) is 3. The molecule has 1 amide bonds. The number of hydrogen-bond donors (Lipinski definition) is 2. The van der Waals surface area contributed by atoms with Crippen LogP contribution in [0.5, 0.6) is 0 Å². The number of aliphatic carboxylic acids is 1. The first-order valence-electron chi connectivity index (χ1n) is 5.95. The normalized spacial score (nSPS) is 10.4. The molecule has 0 radical (unpaired) electrons. The van der Waals surface area contributed by atoms with Crippen LogP contribution in [0, 0.1) is 13.8 Å². The Morgan fingerprint density at radius 2 is 2.06 bits per heavy atom. The van der Waals surface area contributed by atoms with Crippen molar-refractivity contribution in [1.29, 1.82) is 0 Å². The van der Waals surface area contributed by atoms with Crippen LogP contribution in [0.1, 0.15) is 30.3 Å². The number of aromatic nitrogens is 2. The molecule has 0 spiro atoms. The van der Waals surface area contributed by atoms with Crippen LogP contribution in [0.4, 0.5) is 0 Å². The summed E-state index contributed by atoms with van der Waals surface area (Å²) in [6, 6.07) is 0. The molecule has 1 aromatic rings. The summed E-state index contributed by atoms with van der Waals surface area (Å²) in [6.45, 7) is 6.33. The zero-order valence-electron chi connectivity index (χ0n) is 11.0. The van der Waals surface area contributed by atoms with E-state index in [0.717, 1.165) is 17.0 Å². The molecular weight excluding hydrogens is 234 g/mol. The van der Waals surface area contributed by atoms with Gasteiger partial charge in [0.05, 0.1) is 18.5 Å². The van der Waals surface area contributed by atoms with Crippen molar-refractivity contribution in [2.45, 2.75) is 33.6 Å². The van der Waals surface area contributed by atoms with Crippen LogP contribution in [0.15, 0.2) is 0 Å². The summed E-state index contributed by atoms with van der Waals surface area (Å²) in [5, 5.41) is 15.5. The highest BCUT2D eigenvalue weighted by molar-refractivity contribution is 5.79. The van der Waals surface area contributed by atoms with Crippen LogP contribution in [-0.2, 0) is 16.0 Å². The number of aromatic amines is 1. The number of likely N-dealkylation sites (N-methyl/N-ethyl adjacent to an activating group) is 1. The molecule has 0 fully saturated rings. The summed E-state index contributed by atoms with van der Waals surface area (Å²) in [7, 11) is 0. The molecule has 100 valence electrons. The van der Waals surface area contributed by atoms with Crippen LogP contribution in [0.3, 0.4) is 0 Å². The van der Waals surface area contributed by atoms with Gasteiger partial charge in [-0.25, -0.2) is 0 Å². The first-order chi connectivity index (χ1) is 8.45. The minimum Gasteiger partial charge on any atom is -0.481 e. The largest absolute Gasteiger partial charge is 0.481 e. The first-order valence-corrected chi connectivity index (χ1v) is 5.95. The molecule has 1 aromatic heterocycles. The van der Waals surface area contributed by atoms with Crippen LogP contribution < -0.4 is 0 Å². The average Bonchev–Trinajstić information content (AvgIpc) is 2.61. The number of rotatable bonds is 6. The van der Waals surface area contributed by atoms with Crippen LogP contribution in [0.25, 0.3) is 0 Å². The van der Waals surface area contributed by atoms with Gasteiger partial charge in [0.15, 0.2) is 0 Å². The van der Waals surface area contributed by atoms with Crippen LogP contribution in [-0.4, -0.2) is 45.2 Å². The standard InChI is InChI=1S/C12H19N3O3/c1-4-15(6-5-12(17)18)11(16)7-10-8(2)13-14-9(10)3/h4-7H2,1-3H3,(H,13,14)(H,17,18). The molecule has 0 saturated heterocycles. The van der Waals surface area contributed by atoms with Crippen molar-refractivity contribution in [3.63, 3.8) is 0 Å². The summed E-state index contributed by atoms with van der Waals surface area (Å²) in [4.78, 5) is 24.1. The molecular formula is C12H19N3O3. The fourth-order valence-electron chi connectivity index (χ4n) is 1.79. The number of amides is 1. The molecule has 1 heterocycles. The van der Waals surface area contributed by atoms with Crippen molar-refractivity contribution in [2.24, 2.45) is 0 Å². The lowest BCUT2D eigenvalue weighted by atomic mass is 10.1. The van der Waals surface area contributed by atoms with E-state index < -0.39 is 5.97 Å². The Balaban J connectivity index is 2.65. The van der Waals surface area contributed by atoms with E-state index in [0.29, 0.717) is 6.54 Å². The van der Waals surface area contributed by atoms with E-state index >= 15 is 0 Å². The van der Waals surface area contributed by atoms with E-state index in [1.165, 1.54) is 0 Å². The summed E-state index contributed by atoms with van der Waals surface area (Å²) < 4.78 is 0. The molecule has 2 N–H and O–H groups in total. The Hall–Kier alpha value is -1.85. The summed E-state index contributed by atoms with van der Waals surface area (Å²) in [5.41, 5.74) is 2.60. The Morgan fingerprint density at radius 1 is 1.39 bits per heavy atom. The molecule has 6 nitrogen and oxygen atoms in total. The highest BCUT2D eigenvalue weighted by Gasteiger charge is 2.17. The van der Waals surface area contributed by atoms with E-state index in [9.17, 15) is 9.59 Å². The Bertz CT molecular complexity index is 420. The van der Waals surface area contributed by atoms with E-state index in [1.807, 2.05) is 20.8 Å². The second kappa shape index (κ2) is 6.18. The second-order valence-corrected chi connectivity index (χ2v) is 4.21. The third-order valence-corrected chi connectivity index (χ3v) is 2.94. The molecule has 6 heteroatoms. The lowest BCUT2D eigenvalue weighted by Crippen LogP contribution is -2.34. The zero-order valence-corrected chi connectivity index (χ0v) is 11.0. The number of carbonyl (C=O) groups is 2. The molecule has 0 saturated carbocycles. The maximum atomic E-state index is 12.0. The summed E-state index contributed by atoms with van der Waals surface area (Å²) in [6.07, 6.45) is 0.241. The molecule has 18 heavy (non-hydrogen) atoms. The Morgan fingerprint density at radius 3 is 2.50 bits per heavy atom. The minimum absolute atomic E-state index is 0.0249. The van der Waals surface area contributed by atoms with Gasteiger partial charge in [0.25, 0.3) is 0 Å². The molecule has 0 aliphatic carbocycles. The second-order valence-electron chi connectivity index (χ2n) is 4.21. The summed E-state index contributed by atoms with van der Waals surface area (Å²) >= 11 is 0. The van der Waals surface area contributed by atoms with Gasteiger partial charge < -0.3 is 10.0 Å². The number of aryl methyl sites for hydroxylation is 2. The zero-order chi connectivity index (χ0) is 13.7. The van der Waals surface area contributed by atoms with Crippen molar-refractivity contribution in [3.8, 4) is 0 Å². The van der Waals surface area contributed by atoms with Gasteiger partial charge in [0.1, 0.15) is 0 Å². The predicted octanol–water partition coefficient (Wildman–Crippen LogP) is 0.892. The number of H-pyrrole nitrogens is 1. The van der Waals surface area contributed by atoms with Crippen LogP contribution >= 0.6 is 0 Å². The molecule has 0 unspecified atom stereocenters. The van der Waals surface area contributed by atoms with Crippen molar-refractivity contribution in [3.05, 3.63) is 17.0 Å². The molecule has 0 atom stereocenters. The van der Waals surface area contributed by atoms with Crippen LogP contribution in [0.2, 0.25) is 0 Å².